The Morgan fingerprint density at radius 3 is 1.04 bits per heavy atom. The Labute approximate surface area is 147 Å². The minimum absolute atomic E-state index is 0.272. The summed E-state index contributed by atoms with van der Waals surface area (Å²) in [5.41, 5.74) is -4.89. The van der Waals surface area contributed by atoms with Gasteiger partial charge in [-0.05, 0) is 25.7 Å². The van der Waals surface area contributed by atoms with Crippen molar-refractivity contribution in [2.45, 2.75) is 77.6 Å². The van der Waals surface area contributed by atoms with E-state index in [0.29, 0.717) is 25.7 Å². The largest absolute Gasteiger partial charge is 0.481 e. The van der Waals surface area contributed by atoms with E-state index in [1.807, 2.05) is 13.8 Å². The molecule has 2 aliphatic carbocycles. The molecule has 0 aromatic carbocycles. The van der Waals surface area contributed by atoms with Crippen LogP contribution in [0.25, 0.3) is 0 Å². The van der Waals surface area contributed by atoms with Crippen LogP contribution >= 0.6 is 0 Å². The fraction of sp³-hybridized carbons (Fsp3) is 0.875. The van der Waals surface area contributed by atoms with Crippen molar-refractivity contribution in [2.75, 3.05) is 0 Å². The molecular formula is C16H24F6O4. The average Bonchev–Trinajstić information content (AvgIpc) is 2.46. The zero-order valence-corrected chi connectivity index (χ0v) is 14.6. The molecule has 0 bridgehead atoms. The molecule has 0 aromatic rings. The molecule has 2 N–H and O–H groups in total. The third-order valence-corrected chi connectivity index (χ3v) is 4.82. The first-order valence-electron chi connectivity index (χ1n) is 8.40. The van der Waals surface area contributed by atoms with Crippen molar-refractivity contribution in [2.24, 2.45) is 10.8 Å². The smallest absolute Gasteiger partial charge is 0.404 e. The number of halogens is 6. The van der Waals surface area contributed by atoms with E-state index in [4.69, 9.17) is 10.2 Å². The van der Waals surface area contributed by atoms with E-state index < -0.39 is 35.1 Å². The summed E-state index contributed by atoms with van der Waals surface area (Å²) in [6.45, 7) is 4.00. The average molecular weight is 394 g/mol. The molecule has 0 heterocycles. The normalized spacial score (nSPS) is 21.1. The second-order valence-electron chi connectivity index (χ2n) is 6.18. The van der Waals surface area contributed by atoms with Gasteiger partial charge in [-0.3, -0.25) is 9.59 Å². The molecule has 2 rings (SSSR count). The Balaban J connectivity index is 0.000000444. The number of carbonyl (C=O) groups is 2. The van der Waals surface area contributed by atoms with Gasteiger partial charge < -0.3 is 10.2 Å². The fourth-order valence-electron chi connectivity index (χ4n) is 2.92. The lowest BCUT2D eigenvalue weighted by Gasteiger charge is -2.38. The van der Waals surface area contributed by atoms with E-state index in [9.17, 15) is 35.9 Å². The summed E-state index contributed by atoms with van der Waals surface area (Å²) in [4.78, 5) is 20.8. The number of hydrogen-bond donors (Lipinski definition) is 2. The van der Waals surface area contributed by atoms with Crippen molar-refractivity contribution in [3.05, 3.63) is 0 Å². The zero-order valence-electron chi connectivity index (χ0n) is 14.6. The van der Waals surface area contributed by atoms with Gasteiger partial charge in [0, 0.05) is 0 Å². The van der Waals surface area contributed by atoms with Crippen LogP contribution in [0.5, 0.6) is 0 Å². The van der Waals surface area contributed by atoms with Crippen molar-refractivity contribution in [1.29, 1.82) is 0 Å². The number of carboxylic acids is 2. The van der Waals surface area contributed by atoms with Crippen LogP contribution in [0.4, 0.5) is 26.3 Å². The number of aliphatic carboxylic acids is 2. The Kier molecular flexibility index (Phi) is 8.43. The molecule has 0 amide bonds. The summed E-state index contributed by atoms with van der Waals surface area (Å²) in [5, 5.41) is 16.9. The minimum atomic E-state index is -4.61. The van der Waals surface area contributed by atoms with Gasteiger partial charge in [-0.15, -0.1) is 0 Å². The summed E-state index contributed by atoms with van der Waals surface area (Å²) in [5.74, 6) is -3.46. The second kappa shape index (κ2) is 8.94. The zero-order chi connectivity index (χ0) is 20.8. The molecule has 26 heavy (non-hydrogen) atoms. The molecule has 10 heteroatoms. The van der Waals surface area contributed by atoms with Crippen LogP contribution in [-0.4, -0.2) is 34.5 Å². The van der Waals surface area contributed by atoms with Crippen LogP contribution < -0.4 is 0 Å². The SMILES string of the molecule is CC.O=C(O)C1(C(F)(F)F)CCC1.O=C(O)C1(C(F)(F)F)CCCCC1. The van der Waals surface area contributed by atoms with Crippen LogP contribution in [0.15, 0.2) is 0 Å². The van der Waals surface area contributed by atoms with Gasteiger partial charge in [-0.1, -0.05) is 39.5 Å². The Bertz CT molecular complexity index is 474. The maximum Gasteiger partial charge on any atom is 0.404 e. The van der Waals surface area contributed by atoms with Crippen LogP contribution in [0.3, 0.4) is 0 Å². The summed E-state index contributed by atoms with van der Waals surface area (Å²) >= 11 is 0. The summed E-state index contributed by atoms with van der Waals surface area (Å²) < 4.78 is 73.5. The highest BCUT2D eigenvalue weighted by Gasteiger charge is 2.64. The van der Waals surface area contributed by atoms with E-state index in [1.165, 1.54) is 0 Å². The molecule has 2 saturated carbocycles. The van der Waals surface area contributed by atoms with Crippen molar-refractivity contribution < 1.29 is 46.1 Å². The quantitative estimate of drug-likeness (QED) is 0.614. The van der Waals surface area contributed by atoms with Crippen molar-refractivity contribution in [3.63, 3.8) is 0 Å². The van der Waals surface area contributed by atoms with Crippen molar-refractivity contribution >= 4 is 11.9 Å². The third-order valence-electron chi connectivity index (χ3n) is 4.82. The monoisotopic (exact) mass is 394 g/mol. The Morgan fingerprint density at radius 2 is 0.923 bits per heavy atom. The molecule has 2 fully saturated rings. The molecule has 0 unspecified atom stereocenters. The maximum absolute atomic E-state index is 12.5. The van der Waals surface area contributed by atoms with Gasteiger partial charge >= 0.3 is 24.3 Å². The number of carboxylic acid groups (broad SMARTS) is 2. The van der Waals surface area contributed by atoms with E-state index >= 15 is 0 Å². The highest BCUT2D eigenvalue weighted by Crippen LogP contribution is 2.53. The van der Waals surface area contributed by atoms with E-state index in [0.717, 1.165) is 0 Å². The highest BCUT2D eigenvalue weighted by molar-refractivity contribution is 5.77. The predicted molar refractivity (Wildman–Crippen MR) is 80.5 cm³/mol. The molecular weight excluding hydrogens is 370 g/mol. The summed E-state index contributed by atoms with van der Waals surface area (Å²) in [6, 6.07) is 0. The minimum Gasteiger partial charge on any atom is -0.481 e. The first kappa shape index (κ1) is 24.5. The topological polar surface area (TPSA) is 74.6 Å². The van der Waals surface area contributed by atoms with Crippen molar-refractivity contribution in [3.8, 4) is 0 Å². The molecule has 0 aliphatic heterocycles. The first-order valence-corrected chi connectivity index (χ1v) is 8.40. The van der Waals surface area contributed by atoms with Crippen LogP contribution in [0, 0.1) is 10.8 Å². The van der Waals surface area contributed by atoms with E-state index in [1.54, 1.807) is 0 Å². The summed E-state index contributed by atoms with van der Waals surface area (Å²) in [6.07, 6.45) is -8.53. The molecule has 0 saturated heterocycles. The second-order valence-corrected chi connectivity index (χ2v) is 6.18. The van der Waals surface area contributed by atoms with Gasteiger partial charge in [0.1, 0.15) is 0 Å². The molecule has 0 aromatic heterocycles. The fourth-order valence-corrected chi connectivity index (χ4v) is 2.92. The first-order chi connectivity index (χ1) is 11.8. The molecule has 0 radical (unpaired) electrons. The number of rotatable bonds is 2. The van der Waals surface area contributed by atoms with Gasteiger partial charge in [0.15, 0.2) is 10.8 Å². The van der Waals surface area contributed by atoms with Crippen LogP contribution in [-0.2, 0) is 9.59 Å². The van der Waals surface area contributed by atoms with Gasteiger partial charge in [0.2, 0.25) is 0 Å². The molecule has 154 valence electrons. The lowest BCUT2D eigenvalue weighted by Crippen LogP contribution is -2.50. The van der Waals surface area contributed by atoms with Gasteiger partial charge in [-0.2, -0.15) is 26.3 Å². The standard InChI is InChI=1S/C8H11F3O2.C6H7F3O2.C2H6/c9-8(10,11)7(6(12)13)4-2-1-3-5-7;7-6(8,9)5(4(10)11)2-1-3-5;1-2/h1-5H2,(H,12,13);1-3H2,(H,10,11);1-2H3. The molecule has 0 spiro atoms. The van der Waals surface area contributed by atoms with Crippen molar-refractivity contribution in [1.82, 2.24) is 0 Å². The van der Waals surface area contributed by atoms with E-state index in [2.05, 4.69) is 0 Å². The highest BCUT2D eigenvalue weighted by atomic mass is 19.4. The molecule has 2 aliphatic rings. The summed E-state index contributed by atoms with van der Waals surface area (Å²) in [7, 11) is 0. The number of hydrogen-bond acceptors (Lipinski definition) is 2. The Hall–Kier alpha value is -1.48. The predicted octanol–water partition coefficient (Wildman–Crippen LogP) is 5.41. The van der Waals surface area contributed by atoms with Crippen LogP contribution in [0.2, 0.25) is 0 Å². The molecule has 0 atom stereocenters. The maximum atomic E-state index is 12.5. The number of alkyl halides is 6. The Morgan fingerprint density at radius 1 is 0.654 bits per heavy atom. The lowest BCUT2D eigenvalue weighted by molar-refractivity contribution is -0.252. The van der Waals surface area contributed by atoms with Gasteiger partial charge in [-0.25, -0.2) is 0 Å². The van der Waals surface area contributed by atoms with Gasteiger partial charge in [0.25, 0.3) is 0 Å². The van der Waals surface area contributed by atoms with E-state index in [-0.39, 0.29) is 25.7 Å². The molecule has 4 nitrogen and oxygen atoms in total. The third kappa shape index (κ3) is 4.82. The lowest BCUT2D eigenvalue weighted by atomic mass is 9.68. The van der Waals surface area contributed by atoms with Crippen LogP contribution in [0.1, 0.15) is 65.2 Å². The van der Waals surface area contributed by atoms with Gasteiger partial charge in [0.05, 0.1) is 0 Å².